The monoisotopic (exact) mass is 280 g/mol. The molecule has 0 aliphatic rings. The fourth-order valence-electron chi connectivity index (χ4n) is 2.20. The number of nitrogen functional groups attached to an aromatic ring is 1. The van der Waals surface area contributed by atoms with Crippen LogP contribution < -0.4 is 15.8 Å². The van der Waals surface area contributed by atoms with Crippen molar-refractivity contribution in [2.45, 2.75) is 6.92 Å². The van der Waals surface area contributed by atoms with E-state index >= 15 is 0 Å². The predicted octanol–water partition coefficient (Wildman–Crippen LogP) is 3.27. The van der Waals surface area contributed by atoms with Crippen molar-refractivity contribution in [1.29, 1.82) is 0 Å². The van der Waals surface area contributed by atoms with Crippen molar-refractivity contribution in [1.82, 2.24) is 9.97 Å². The average Bonchev–Trinajstić information content (AvgIpc) is 2.52. The minimum absolute atomic E-state index is 0.575. The van der Waals surface area contributed by atoms with Gasteiger partial charge in [-0.25, -0.2) is 9.97 Å². The number of hydrogen-bond donors (Lipinski definition) is 2. The molecule has 0 spiro atoms. The molecule has 3 N–H and O–H groups in total. The summed E-state index contributed by atoms with van der Waals surface area (Å²) in [7, 11) is 1.59. The molecule has 3 rings (SSSR count). The van der Waals surface area contributed by atoms with E-state index in [4.69, 9.17) is 10.5 Å². The normalized spacial score (nSPS) is 10.6. The van der Waals surface area contributed by atoms with E-state index in [0.717, 1.165) is 33.5 Å². The zero-order valence-corrected chi connectivity index (χ0v) is 11.9. The molecule has 0 unspecified atom stereocenters. The zero-order chi connectivity index (χ0) is 14.8. The molecule has 0 saturated carbocycles. The molecule has 3 aromatic rings. The lowest BCUT2D eigenvalue weighted by atomic mass is 10.1. The first kappa shape index (κ1) is 13.2. The van der Waals surface area contributed by atoms with Crippen LogP contribution in [0.3, 0.4) is 0 Å². The number of aromatic nitrogens is 2. The summed E-state index contributed by atoms with van der Waals surface area (Å²) in [6.07, 6.45) is 3.45. The number of fused-ring (bicyclic) bond motifs is 1. The fourth-order valence-corrected chi connectivity index (χ4v) is 2.20. The molecule has 0 fully saturated rings. The van der Waals surface area contributed by atoms with Gasteiger partial charge in [0, 0.05) is 28.7 Å². The van der Waals surface area contributed by atoms with Gasteiger partial charge in [-0.2, -0.15) is 0 Å². The predicted molar refractivity (Wildman–Crippen MR) is 85.0 cm³/mol. The van der Waals surface area contributed by atoms with Gasteiger partial charge in [-0.05, 0) is 24.6 Å². The van der Waals surface area contributed by atoms with Crippen LogP contribution >= 0.6 is 0 Å². The zero-order valence-electron chi connectivity index (χ0n) is 11.9. The molecule has 0 saturated heterocycles. The van der Waals surface area contributed by atoms with Crippen LogP contribution in [0.1, 0.15) is 5.56 Å². The molecular formula is C16H16N4O. The van der Waals surface area contributed by atoms with Crippen molar-refractivity contribution in [2.24, 2.45) is 0 Å². The number of anilines is 3. The molecule has 2 aromatic heterocycles. The summed E-state index contributed by atoms with van der Waals surface area (Å²) in [5.74, 6) is 1.33. The van der Waals surface area contributed by atoms with E-state index in [1.54, 1.807) is 25.6 Å². The van der Waals surface area contributed by atoms with E-state index in [2.05, 4.69) is 15.3 Å². The molecule has 0 aliphatic carbocycles. The number of benzene rings is 1. The summed E-state index contributed by atoms with van der Waals surface area (Å²) in [6, 6.07) is 9.63. The number of rotatable bonds is 3. The highest BCUT2D eigenvalue weighted by Gasteiger charge is 2.07. The van der Waals surface area contributed by atoms with Crippen LogP contribution in [-0.4, -0.2) is 17.1 Å². The summed E-state index contributed by atoms with van der Waals surface area (Å²) < 4.78 is 5.05. The number of aryl methyl sites for hydroxylation is 1. The molecule has 21 heavy (non-hydrogen) atoms. The maximum absolute atomic E-state index is 6.13. The second kappa shape index (κ2) is 5.28. The third kappa shape index (κ3) is 2.45. The lowest BCUT2D eigenvalue weighted by Crippen LogP contribution is -1.98. The fraction of sp³-hybridized carbons (Fsp3) is 0.125. The van der Waals surface area contributed by atoms with Crippen LogP contribution in [0.25, 0.3) is 10.8 Å². The number of nitrogens with zero attached hydrogens (tertiary/aromatic N) is 2. The van der Waals surface area contributed by atoms with Crippen LogP contribution in [0.2, 0.25) is 0 Å². The maximum Gasteiger partial charge on any atom is 0.213 e. The van der Waals surface area contributed by atoms with E-state index in [1.165, 1.54) is 0 Å². The molecule has 2 heterocycles. The lowest BCUT2D eigenvalue weighted by Gasteiger charge is -2.11. The second-order valence-electron chi connectivity index (χ2n) is 4.77. The Morgan fingerprint density at radius 3 is 2.62 bits per heavy atom. The smallest absolute Gasteiger partial charge is 0.213 e. The van der Waals surface area contributed by atoms with Gasteiger partial charge in [-0.1, -0.05) is 12.1 Å². The minimum atomic E-state index is 0.575. The molecule has 1 aromatic carbocycles. The highest BCUT2D eigenvalue weighted by Crippen LogP contribution is 2.29. The summed E-state index contributed by atoms with van der Waals surface area (Å²) in [4.78, 5) is 8.56. The number of hydrogen-bond acceptors (Lipinski definition) is 5. The van der Waals surface area contributed by atoms with Crippen LogP contribution in [0.4, 0.5) is 17.2 Å². The van der Waals surface area contributed by atoms with Gasteiger partial charge < -0.3 is 15.8 Å². The van der Waals surface area contributed by atoms with Gasteiger partial charge in [0.1, 0.15) is 5.82 Å². The topological polar surface area (TPSA) is 73.1 Å². The van der Waals surface area contributed by atoms with Gasteiger partial charge in [0.2, 0.25) is 5.88 Å². The van der Waals surface area contributed by atoms with E-state index in [0.29, 0.717) is 5.88 Å². The van der Waals surface area contributed by atoms with E-state index < -0.39 is 0 Å². The van der Waals surface area contributed by atoms with Crippen molar-refractivity contribution in [3.05, 3.63) is 48.3 Å². The second-order valence-corrected chi connectivity index (χ2v) is 4.77. The van der Waals surface area contributed by atoms with Crippen molar-refractivity contribution in [3.63, 3.8) is 0 Å². The molecule has 0 bridgehead atoms. The molecule has 0 aliphatic heterocycles. The average molecular weight is 280 g/mol. The standard InChI is InChI=1S/C16H16N4O/c1-10-3-5-13-12(15(10)17)7-8-18-16(13)20-11-4-6-14(21-2)19-9-11/h3-9H,17H2,1-2H3,(H,18,20). The SMILES string of the molecule is COc1ccc(Nc2nccc3c(N)c(C)ccc23)cn1. The van der Waals surface area contributed by atoms with Crippen molar-refractivity contribution in [2.75, 3.05) is 18.2 Å². The number of ether oxygens (including phenoxy) is 1. The number of pyridine rings is 2. The largest absolute Gasteiger partial charge is 0.481 e. The summed E-state index contributed by atoms with van der Waals surface area (Å²) >= 11 is 0. The Kier molecular flexibility index (Phi) is 3.31. The van der Waals surface area contributed by atoms with E-state index in [1.807, 2.05) is 31.2 Å². The van der Waals surface area contributed by atoms with Gasteiger partial charge in [-0.3, -0.25) is 0 Å². The van der Waals surface area contributed by atoms with Crippen LogP contribution in [0.5, 0.6) is 5.88 Å². The first-order valence-corrected chi connectivity index (χ1v) is 6.60. The Labute approximate surface area is 122 Å². The molecule has 0 atom stereocenters. The molecule has 5 nitrogen and oxygen atoms in total. The van der Waals surface area contributed by atoms with Crippen molar-refractivity contribution in [3.8, 4) is 5.88 Å². The quantitative estimate of drug-likeness (QED) is 0.720. The Bertz CT molecular complexity index is 784. The third-order valence-electron chi connectivity index (χ3n) is 3.41. The molecular weight excluding hydrogens is 264 g/mol. The number of methoxy groups -OCH3 is 1. The summed E-state index contributed by atoms with van der Waals surface area (Å²) in [5, 5.41) is 5.24. The van der Waals surface area contributed by atoms with Crippen molar-refractivity contribution < 1.29 is 4.74 Å². The van der Waals surface area contributed by atoms with Crippen molar-refractivity contribution >= 4 is 28.0 Å². The van der Waals surface area contributed by atoms with Gasteiger partial charge >= 0.3 is 0 Å². The van der Waals surface area contributed by atoms with Crippen LogP contribution in [0, 0.1) is 6.92 Å². The number of nitrogens with two attached hydrogens (primary N) is 1. The molecule has 0 amide bonds. The van der Waals surface area contributed by atoms with Gasteiger partial charge in [0.15, 0.2) is 0 Å². The van der Waals surface area contributed by atoms with Crippen LogP contribution in [0.15, 0.2) is 42.7 Å². The van der Waals surface area contributed by atoms with E-state index in [-0.39, 0.29) is 0 Å². The summed E-state index contributed by atoms with van der Waals surface area (Å²) in [5.41, 5.74) is 8.82. The Hall–Kier alpha value is -2.82. The Morgan fingerprint density at radius 1 is 1.05 bits per heavy atom. The molecule has 106 valence electrons. The van der Waals surface area contributed by atoms with Gasteiger partial charge in [-0.15, -0.1) is 0 Å². The highest BCUT2D eigenvalue weighted by atomic mass is 16.5. The highest BCUT2D eigenvalue weighted by molar-refractivity contribution is 6.01. The first-order chi connectivity index (χ1) is 10.2. The van der Waals surface area contributed by atoms with Gasteiger partial charge in [0.25, 0.3) is 0 Å². The number of nitrogens with one attached hydrogen (secondary N) is 1. The van der Waals surface area contributed by atoms with E-state index in [9.17, 15) is 0 Å². The Morgan fingerprint density at radius 2 is 1.90 bits per heavy atom. The lowest BCUT2D eigenvalue weighted by molar-refractivity contribution is 0.398. The molecule has 5 heteroatoms. The van der Waals surface area contributed by atoms with Gasteiger partial charge in [0.05, 0.1) is 19.0 Å². The van der Waals surface area contributed by atoms with Crippen LogP contribution in [-0.2, 0) is 0 Å². The first-order valence-electron chi connectivity index (χ1n) is 6.60. The molecule has 0 radical (unpaired) electrons. The summed E-state index contributed by atoms with van der Waals surface area (Å²) in [6.45, 7) is 2.00. The minimum Gasteiger partial charge on any atom is -0.481 e. The third-order valence-corrected chi connectivity index (χ3v) is 3.41. The Balaban J connectivity index is 2.02. The maximum atomic E-state index is 6.13.